The average Bonchev–Trinajstić information content (AvgIpc) is 2.56. The Hall–Kier alpha value is -1.22. The van der Waals surface area contributed by atoms with E-state index in [2.05, 4.69) is 56.9 Å². The summed E-state index contributed by atoms with van der Waals surface area (Å²) in [4.78, 5) is 0. The first-order valence-corrected chi connectivity index (χ1v) is 5.64. The van der Waals surface area contributed by atoms with Crippen LogP contribution in [0.3, 0.4) is 0 Å². The van der Waals surface area contributed by atoms with Gasteiger partial charge in [-0.15, -0.1) is 0 Å². The second-order valence-electron chi connectivity index (χ2n) is 5.39. The Morgan fingerprint density at radius 2 is 1.60 bits per heavy atom. The van der Waals surface area contributed by atoms with E-state index in [-0.39, 0.29) is 5.41 Å². The molecule has 0 heteroatoms. The van der Waals surface area contributed by atoms with Crippen LogP contribution in [-0.4, -0.2) is 0 Å². The minimum Gasteiger partial charge on any atom is -0.0987 e. The zero-order valence-corrected chi connectivity index (χ0v) is 9.80. The molecule has 0 fully saturated rings. The van der Waals surface area contributed by atoms with Crippen molar-refractivity contribution in [3.8, 4) is 11.8 Å². The van der Waals surface area contributed by atoms with Crippen molar-refractivity contribution < 1.29 is 0 Å². The monoisotopic (exact) mass is 198 g/mol. The van der Waals surface area contributed by atoms with Crippen molar-refractivity contribution in [2.75, 3.05) is 0 Å². The summed E-state index contributed by atoms with van der Waals surface area (Å²) in [5, 5.41) is 0. The second kappa shape index (κ2) is 3.74. The molecule has 0 amide bonds. The van der Waals surface area contributed by atoms with Crippen LogP contribution < -0.4 is 0 Å². The lowest BCUT2D eigenvalue weighted by atomic mass is 9.96. The molecule has 0 saturated carbocycles. The molecule has 0 heterocycles. The summed E-state index contributed by atoms with van der Waals surface area (Å²) in [5.74, 6) is 7.31. The standard InChI is InChI=1S/C15H18/c1-15(2,3)9-8-12-10-13-6-4-5-7-14(13)11-12/h4-7,12H,10-11H2,1-3H3. The van der Waals surface area contributed by atoms with Crippen LogP contribution in [0.4, 0.5) is 0 Å². The number of benzene rings is 1. The van der Waals surface area contributed by atoms with E-state index in [4.69, 9.17) is 0 Å². The van der Waals surface area contributed by atoms with Gasteiger partial charge in [-0.2, -0.15) is 0 Å². The molecule has 1 aromatic carbocycles. The smallest absolute Gasteiger partial charge is 0.0283 e. The SMILES string of the molecule is CC(C)(C)C#CC1Cc2ccccc2C1. The molecule has 2 rings (SSSR count). The maximum absolute atomic E-state index is 3.42. The van der Waals surface area contributed by atoms with Crippen LogP contribution in [0.1, 0.15) is 31.9 Å². The van der Waals surface area contributed by atoms with Crippen LogP contribution in [0, 0.1) is 23.2 Å². The molecular weight excluding hydrogens is 180 g/mol. The predicted molar refractivity (Wildman–Crippen MR) is 64.6 cm³/mol. The molecule has 1 aromatic rings. The van der Waals surface area contributed by atoms with E-state index in [0.717, 1.165) is 12.8 Å². The van der Waals surface area contributed by atoms with Crippen molar-refractivity contribution in [2.45, 2.75) is 33.6 Å². The lowest BCUT2D eigenvalue weighted by Gasteiger charge is -2.08. The second-order valence-corrected chi connectivity index (χ2v) is 5.39. The summed E-state index contributed by atoms with van der Waals surface area (Å²) < 4.78 is 0. The van der Waals surface area contributed by atoms with E-state index in [1.807, 2.05) is 0 Å². The highest BCUT2D eigenvalue weighted by atomic mass is 14.2. The summed E-state index contributed by atoms with van der Waals surface area (Å²) in [6.07, 6.45) is 2.28. The molecule has 0 saturated heterocycles. The fraction of sp³-hybridized carbons (Fsp3) is 0.467. The van der Waals surface area contributed by atoms with Gasteiger partial charge in [0.25, 0.3) is 0 Å². The molecule has 0 unspecified atom stereocenters. The summed E-state index contributed by atoms with van der Waals surface area (Å²) in [5.41, 5.74) is 3.12. The quantitative estimate of drug-likeness (QED) is 0.560. The van der Waals surface area contributed by atoms with Gasteiger partial charge in [-0.25, -0.2) is 0 Å². The number of hydrogen-bond donors (Lipinski definition) is 0. The molecule has 0 nitrogen and oxygen atoms in total. The minimum atomic E-state index is 0.134. The lowest BCUT2D eigenvalue weighted by Crippen LogP contribution is -2.02. The molecule has 1 aliphatic rings. The van der Waals surface area contributed by atoms with Crippen LogP contribution in [0.15, 0.2) is 24.3 Å². The lowest BCUT2D eigenvalue weighted by molar-refractivity contribution is 0.567. The largest absolute Gasteiger partial charge is 0.0987 e. The fourth-order valence-electron chi connectivity index (χ4n) is 1.98. The average molecular weight is 198 g/mol. The van der Waals surface area contributed by atoms with E-state index >= 15 is 0 Å². The third-order valence-electron chi connectivity index (χ3n) is 2.70. The zero-order chi connectivity index (χ0) is 10.9. The summed E-state index contributed by atoms with van der Waals surface area (Å²) in [6, 6.07) is 8.71. The van der Waals surface area contributed by atoms with Crippen LogP contribution >= 0.6 is 0 Å². The van der Waals surface area contributed by atoms with Gasteiger partial charge in [-0.3, -0.25) is 0 Å². The Bertz CT molecular complexity index is 385. The molecule has 0 radical (unpaired) electrons. The van der Waals surface area contributed by atoms with Gasteiger partial charge in [0.15, 0.2) is 0 Å². The first-order chi connectivity index (χ1) is 7.04. The van der Waals surface area contributed by atoms with Crippen LogP contribution in [-0.2, 0) is 12.8 Å². The normalized spacial score (nSPS) is 15.7. The molecule has 1 aliphatic carbocycles. The number of fused-ring (bicyclic) bond motifs is 1. The minimum absolute atomic E-state index is 0.134. The van der Waals surface area contributed by atoms with E-state index in [0.29, 0.717) is 5.92 Å². The molecule has 0 bridgehead atoms. The summed E-state index contributed by atoms with van der Waals surface area (Å²) in [7, 11) is 0. The van der Waals surface area contributed by atoms with Crippen LogP contribution in [0.2, 0.25) is 0 Å². The van der Waals surface area contributed by atoms with Gasteiger partial charge in [0.2, 0.25) is 0 Å². The van der Waals surface area contributed by atoms with Gasteiger partial charge in [-0.05, 0) is 44.7 Å². The zero-order valence-electron chi connectivity index (χ0n) is 9.80. The van der Waals surface area contributed by atoms with Gasteiger partial charge < -0.3 is 0 Å². The number of hydrogen-bond acceptors (Lipinski definition) is 0. The van der Waals surface area contributed by atoms with E-state index in [1.54, 1.807) is 0 Å². The highest BCUT2D eigenvalue weighted by molar-refractivity contribution is 5.35. The first-order valence-electron chi connectivity index (χ1n) is 5.64. The van der Waals surface area contributed by atoms with E-state index in [1.165, 1.54) is 11.1 Å². The van der Waals surface area contributed by atoms with E-state index < -0.39 is 0 Å². The Morgan fingerprint density at radius 3 is 2.07 bits per heavy atom. The Balaban J connectivity index is 2.10. The van der Waals surface area contributed by atoms with Gasteiger partial charge >= 0.3 is 0 Å². The predicted octanol–water partition coefficient (Wildman–Crippen LogP) is 3.45. The van der Waals surface area contributed by atoms with Crippen molar-refractivity contribution in [2.24, 2.45) is 11.3 Å². The summed E-state index contributed by atoms with van der Waals surface area (Å²) >= 11 is 0. The third-order valence-corrected chi connectivity index (χ3v) is 2.70. The molecule has 78 valence electrons. The highest BCUT2D eigenvalue weighted by Gasteiger charge is 2.19. The Kier molecular flexibility index (Phi) is 2.57. The number of rotatable bonds is 0. The Labute approximate surface area is 92.7 Å². The third kappa shape index (κ3) is 2.63. The van der Waals surface area contributed by atoms with Gasteiger partial charge in [0.05, 0.1) is 0 Å². The van der Waals surface area contributed by atoms with Gasteiger partial charge in [-0.1, -0.05) is 36.1 Å². The maximum atomic E-state index is 3.42. The van der Waals surface area contributed by atoms with Crippen LogP contribution in [0.25, 0.3) is 0 Å². The molecular formula is C15H18. The molecule has 0 atom stereocenters. The maximum Gasteiger partial charge on any atom is 0.0283 e. The molecule has 15 heavy (non-hydrogen) atoms. The topological polar surface area (TPSA) is 0 Å². The fourth-order valence-corrected chi connectivity index (χ4v) is 1.98. The van der Waals surface area contributed by atoms with E-state index in [9.17, 15) is 0 Å². The Morgan fingerprint density at radius 1 is 1.07 bits per heavy atom. The van der Waals surface area contributed by atoms with Crippen molar-refractivity contribution in [1.82, 2.24) is 0 Å². The summed E-state index contributed by atoms with van der Waals surface area (Å²) in [6.45, 7) is 6.51. The van der Waals surface area contributed by atoms with Crippen molar-refractivity contribution in [3.63, 3.8) is 0 Å². The van der Waals surface area contributed by atoms with Gasteiger partial charge in [0.1, 0.15) is 0 Å². The van der Waals surface area contributed by atoms with Crippen LogP contribution in [0.5, 0.6) is 0 Å². The molecule has 0 spiro atoms. The highest BCUT2D eigenvalue weighted by Crippen LogP contribution is 2.26. The first kappa shape index (κ1) is 10.3. The molecule has 0 aromatic heterocycles. The molecule has 0 aliphatic heterocycles. The van der Waals surface area contributed by atoms with Gasteiger partial charge in [0, 0.05) is 11.3 Å². The van der Waals surface area contributed by atoms with Crippen molar-refractivity contribution >= 4 is 0 Å². The molecule has 0 N–H and O–H groups in total. The van der Waals surface area contributed by atoms with Crippen molar-refractivity contribution in [1.29, 1.82) is 0 Å². The van der Waals surface area contributed by atoms with Crippen molar-refractivity contribution in [3.05, 3.63) is 35.4 Å².